The van der Waals surface area contributed by atoms with Gasteiger partial charge in [0.15, 0.2) is 5.96 Å². The van der Waals surface area contributed by atoms with Crippen molar-refractivity contribution in [1.29, 1.82) is 0 Å². The van der Waals surface area contributed by atoms with Crippen LogP contribution in [0.15, 0.2) is 4.99 Å². The van der Waals surface area contributed by atoms with Crippen molar-refractivity contribution >= 4 is 5.96 Å². The highest BCUT2D eigenvalue weighted by atomic mass is 16.5. The maximum absolute atomic E-state index is 5.38. The van der Waals surface area contributed by atoms with E-state index in [1.807, 2.05) is 6.92 Å². The minimum absolute atomic E-state index is 0.592. The first-order valence-corrected chi connectivity index (χ1v) is 8.41. The van der Waals surface area contributed by atoms with E-state index in [1.165, 1.54) is 51.6 Å². The zero-order chi connectivity index (χ0) is 14.3. The number of rotatable bonds is 5. The van der Waals surface area contributed by atoms with Crippen LogP contribution in [0.4, 0.5) is 0 Å². The summed E-state index contributed by atoms with van der Waals surface area (Å²) in [5.41, 5.74) is 0.592. The van der Waals surface area contributed by atoms with Crippen molar-refractivity contribution in [3.05, 3.63) is 0 Å². The Bertz CT molecular complexity index is 311. The minimum Gasteiger partial charge on any atom is -0.380 e. The molecule has 0 unspecified atom stereocenters. The fourth-order valence-electron chi connectivity index (χ4n) is 3.61. The van der Waals surface area contributed by atoms with E-state index in [0.717, 1.165) is 32.3 Å². The second kappa shape index (κ2) is 7.87. The topological polar surface area (TPSA) is 36.9 Å². The largest absolute Gasteiger partial charge is 0.380 e. The standard InChI is InChI=1S/C16H31N3O/c1-3-17-15(18-11-13-20-4-2)19-12-10-16(14-19)8-6-5-7-9-16/h3-14H2,1-2H3,(H,17,18). The Kier molecular flexibility index (Phi) is 6.14. The molecule has 1 spiro atoms. The average Bonchev–Trinajstić information content (AvgIpc) is 2.87. The molecule has 0 radical (unpaired) electrons. The van der Waals surface area contributed by atoms with E-state index in [0.29, 0.717) is 5.41 Å². The first-order chi connectivity index (χ1) is 9.79. The van der Waals surface area contributed by atoms with Gasteiger partial charge in [-0.2, -0.15) is 0 Å². The molecule has 1 N–H and O–H groups in total. The van der Waals surface area contributed by atoms with Crippen molar-refractivity contribution in [3.8, 4) is 0 Å². The van der Waals surface area contributed by atoms with E-state index in [9.17, 15) is 0 Å². The molecule has 0 aromatic carbocycles. The SMILES string of the molecule is CCNC(=NCCOCC)N1CCC2(CCCCC2)C1. The van der Waals surface area contributed by atoms with E-state index in [2.05, 4.69) is 17.1 Å². The maximum Gasteiger partial charge on any atom is 0.194 e. The van der Waals surface area contributed by atoms with Crippen LogP contribution in [0.1, 0.15) is 52.4 Å². The summed E-state index contributed by atoms with van der Waals surface area (Å²) in [5, 5.41) is 3.44. The fourth-order valence-corrected chi connectivity index (χ4v) is 3.61. The molecule has 4 nitrogen and oxygen atoms in total. The third kappa shape index (κ3) is 4.11. The summed E-state index contributed by atoms with van der Waals surface area (Å²) in [4.78, 5) is 7.19. The first kappa shape index (κ1) is 15.6. The second-order valence-electron chi connectivity index (χ2n) is 6.16. The highest BCUT2D eigenvalue weighted by Crippen LogP contribution is 2.43. The monoisotopic (exact) mass is 281 g/mol. The van der Waals surface area contributed by atoms with Crippen LogP contribution in [0.5, 0.6) is 0 Å². The van der Waals surface area contributed by atoms with Gasteiger partial charge in [-0.1, -0.05) is 19.3 Å². The van der Waals surface area contributed by atoms with E-state index in [1.54, 1.807) is 0 Å². The van der Waals surface area contributed by atoms with Crippen LogP contribution in [0, 0.1) is 5.41 Å². The molecule has 1 aliphatic carbocycles. The Morgan fingerprint density at radius 1 is 1.20 bits per heavy atom. The lowest BCUT2D eigenvalue weighted by molar-refractivity contribution is 0.155. The maximum atomic E-state index is 5.38. The summed E-state index contributed by atoms with van der Waals surface area (Å²) in [6, 6.07) is 0. The van der Waals surface area contributed by atoms with E-state index >= 15 is 0 Å². The second-order valence-corrected chi connectivity index (χ2v) is 6.16. The predicted molar refractivity (Wildman–Crippen MR) is 84.2 cm³/mol. The predicted octanol–water partition coefficient (Wildman–Crippen LogP) is 2.64. The lowest BCUT2D eigenvalue weighted by Crippen LogP contribution is -2.41. The highest BCUT2D eigenvalue weighted by molar-refractivity contribution is 5.80. The van der Waals surface area contributed by atoms with Crippen LogP contribution in [-0.2, 0) is 4.74 Å². The first-order valence-electron chi connectivity index (χ1n) is 8.41. The van der Waals surface area contributed by atoms with Gasteiger partial charge in [0.25, 0.3) is 0 Å². The number of nitrogens with one attached hydrogen (secondary N) is 1. The molecule has 1 saturated heterocycles. The van der Waals surface area contributed by atoms with Crippen molar-refractivity contribution < 1.29 is 4.74 Å². The summed E-state index contributed by atoms with van der Waals surface area (Å²) in [6.07, 6.45) is 8.47. The van der Waals surface area contributed by atoms with Gasteiger partial charge in [-0.3, -0.25) is 4.99 Å². The van der Waals surface area contributed by atoms with Gasteiger partial charge in [-0.05, 0) is 38.5 Å². The van der Waals surface area contributed by atoms with Crippen LogP contribution in [-0.4, -0.2) is 50.3 Å². The summed E-state index contributed by atoms with van der Waals surface area (Å²) in [5.74, 6) is 1.09. The summed E-state index contributed by atoms with van der Waals surface area (Å²) in [7, 11) is 0. The van der Waals surface area contributed by atoms with Crippen molar-refractivity contribution in [2.24, 2.45) is 10.4 Å². The average molecular weight is 281 g/mol. The van der Waals surface area contributed by atoms with Crippen molar-refractivity contribution in [2.45, 2.75) is 52.4 Å². The van der Waals surface area contributed by atoms with Gasteiger partial charge in [0.1, 0.15) is 0 Å². The van der Waals surface area contributed by atoms with E-state index in [-0.39, 0.29) is 0 Å². The molecule has 2 rings (SSSR count). The fraction of sp³-hybridized carbons (Fsp3) is 0.938. The molecule has 0 bridgehead atoms. The Morgan fingerprint density at radius 3 is 2.70 bits per heavy atom. The van der Waals surface area contributed by atoms with E-state index in [4.69, 9.17) is 9.73 Å². The smallest absolute Gasteiger partial charge is 0.194 e. The van der Waals surface area contributed by atoms with Gasteiger partial charge < -0.3 is 15.0 Å². The summed E-state index contributed by atoms with van der Waals surface area (Å²) >= 11 is 0. The van der Waals surface area contributed by atoms with Gasteiger partial charge >= 0.3 is 0 Å². The molecule has 0 amide bonds. The quantitative estimate of drug-likeness (QED) is 0.478. The van der Waals surface area contributed by atoms with Crippen LogP contribution in [0.3, 0.4) is 0 Å². The number of ether oxygens (including phenoxy) is 1. The van der Waals surface area contributed by atoms with Crippen molar-refractivity contribution in [3.63, 3.8) is 0 Å². The van der Waals surface area contributed by atoms with Crippen LogP contribution >= 0.6 is 0 Å². The zero-order valence-corrected chi connectivity index (χ0v) is 13.3. The Labute approximate surface area is 124 Å². The lowest BCUT2D eigenvalue weighted by atomic mass is 9.73. The minimum atomic E-state index is 0.592. The number of aliphatic imine (C=N–C) groups is 1. The molecule has 0 atom stereocenters. The molecule has 4 heteroatoms. The molecule has 20 heavy (non-hydrogen) atoms. The molecule has 0 aromatic heterocycles. The number of likely N-dealkylation sites (tertiary alicyclic amines) is 1. The molecule has 116 valence electrons. The molecular formula is C16H31N3O. The molecule has 2 aliphatic rings. The van der Waals surface area contributed by atoms with Crippen molar-refractivity contribution in [1.82, 2.24) is 10.2 Å². The van der Waals surface area contributed by atoms with Gasteiger partial charge in [0.05, 0.1) is 13.2 Å². The number of hydrogen-bond acceptors (Lipinski definition) is 2. The number of guanidine groups is 1. The van der Waals surface area contributed by atoms with Gasteiger partial charge in [0.2, 0.25) is 0 Å². The molecule has 1 saturated carbocycles. The molecule has 1 aliphatic heterocycles. The number of hydrogen-bond donors (Lipinski definition) is 1. The zero-order valence-electron chi connectivity index (χ0n) is 13.3. The third-order valence-electron chi connectivity index (χ3n) is 4.69. The van der Waals surface area contributed by atoms with Crippen LogP contribution in [0.25, 0.3) is 0 Å². The summed E-state index contributed by atoms with van der Waals surface area (Å²) in [6.45, 7) is 9.75. The summed E-state index contributed by atoms with van der Waals surface area (Å²) < 4.78 is 5.38. The molecular weight excluding hydrogens is 250 g/mol. The highest BCUT2D eigenvalue weighted by Gasteiger charge is 2.39. The van der Waals surface area contributed by atoms with Crippen LogP contribution < -0.4 is 5.32 Å². The molecule has 2 fully saturated rings. The third-order valence-corrected chi connectivity index (χ3v) is 4.69. The Hall–Kier alpha value is -0.770. The van der Waals surface area contributed by atoms with Gasteiger partial charge in [-0.25, -0.2) is 0 Å². The van der Waals surface area contributed by atoms with Gasteiger partial charge in [0, 0.05) is 26.2 Å². The molecule has 0 aromatic rings. The Morgan fingerprint density at radius 2 is 2.00 bits per heavy atom. The van der Waals surface area contributed by atoms with Crippen molar-refractivity contribution in [2.75, 3.05) is 39.4 Å². The Balaban J connectivity index is 1.89. The normalized spacial score (nSPS) is 22.5. The number of nitrogens with zero attached hydrogens (tertiary/aromatic N) is 2. The lowest BCUT2D eigenvalue weighted by Gasteiger charge is -2.33. The molecule has 1 heterocycles. The van der Waals surface area contributed by atoms with E-state index < -0.39 is 0 Å². The van der Waals surface area contributed by atoms with Gasteiger partial charge in [-0.15, -0.1) is 0 Å². The van der Waals surface area contributed by atoms with Crippen LogP contribution in [0.2, 0.25) is 0 Å².